The van der Waals surface area contributed by atoms with Crippen molar-refractivity contribution in [3.63, 3.8) is 0 Å². The van der Waals surface area contributed by atoms with E-state index < -0.39 is 17.9 Å². The molecular weight excluding hydrogens is 220 g/mol. The maximum absolute atomic E-state index is 11.7. The number of amides is 2. The first-order valence-electron chi connectivity index (χ1n) is 5.45. The fourth-order valence-electron chi connectivity index (χ4n) is 1.58. The minimum absolute atomic E-state index is 0.0314. The first-order chi connectivity index (χ1) is 8.08. The van der Waals surface area contributed by atoms with Crippen LogP contribution in [0.25, 0.3) is 0 Å². The second-order valence-corrected chi connectivity index (χ2v) is 4.15. The lowest BCUT2D eigenvalue weighted by Crippen LogP contribution is -2.50. The highest BCUT2D eigenvalue weighted by atomic mass is 16.5. The van der Waals surface area contributed by atoms with Crippen LogP contribution in [0.15, 0.2) is 24.3 Å². The first-order valence-corrected chi connectivity index (χ1v) is 5.45. The van der Waals surface area contributed by atoms with Gasteiger partial charge in [-0.3, -0.25) is 9.59 Å². The lowest BCUT2D eigenvalue weighted by atomic mass is 10.2. The fraction of sp³-hybridized carbons (Fsp3) is 0.333. The number of ether oxygens (including phenoxy) is 1. The Labute approximate surface area is 99.2 Å². The van der Waals surface area contributed by atoms with E-state index in [0.29, 0.717) is 11.4 Å². The Morgan fingerprint density at radius 3 is 2.82 bits per heavy atom. The van der Waals surface area contributed by atoms with Gasteiger partial charge in [0.15, 0.2) is 0 Å². The van der Waals surface area contributed by atoms with Crippen molar-refractivity contribution in [2.24, 2.45) is 0 Å². The van der Waals surface area contributed by atoms with Crippen molar-refractivity contribution >= 4 is 17.5 Å². The maximum Gasteiger partial charge on any atom is 0.275 e. The maximum atomic E-state index is 11.7. The molecule has 0 fully saturated rings. The number of nitrogens with one attached hydrogen (secondary N) is 2. The van der Waals surface area contributed by atoms with Crippen molar-refractivity contribution in [2.45, 2.75) is 26.0 Å². The molecule has 1 heterocycles. The van der Waals surface area contributed by atoms with Crippen LogP contribution in [0, 0.1) is 0 Å². The summed E-state index contributed by atoms with van der Waals surface area (Å²) in [6.07, 6.45) is -1.12. The molecule has 1 atom stereocenters. The molecule has 1 aromatic carbocycles. The number of hydrogen-bond acceptors (Lipinski definition) is 3. The third kappa shape index (κ3) is 2.38. The second-order valence-electron chi connectivity index (χ2n) is 4.15. The van der Waals surface area contributed by atoms with Crippen molar-refractivity contribution in [2.75, 3.05) is 5.32 Å². The zero-order valence-corrected chi connectivity index (χ0v) is 9.69. The van der Waals surface area contributed by atoms with E-state index in [1.807, 2.05) is 13.8 Å². The van der Waals surface area contributed by atoms with E-state index in [-0.39, 0.29) is 6.04 Å². The number of rotatable bonds is 2. The van der Waals surface area contributed by atoms with Gasteiger partial charge in [0.2, 0.25) is 0 Å². The van der Waals surface area contributed by atoms with Gasteiger partial charge in [0.25, 0.3) is 17.9 Å². The second kappa shape index (κ2) is 4.45. The first kappa shape index (κ1) is 11.4. The lowest BCUT2D eigenvalue weighted by molar-refractivity contribution is -0.137. The van der Waals surface area contributed by atoms with Crippen LogP contribution in [-0.4, -0.2) is 24.0 Å². The van der Waals surface area contributed by atoms with Crippen LogP contribution in [0.2, 0.25) is 0 Å². The van der Waals surface area contributed by atoms with Crippen molar-refractivity contribution in [3.8, 4) is 5.75 Å². The molecule has 0 bridgehead atoms. The predicted octanol–water partition coefficient (Wildman–Crippen LogP) is 0.911. The van der Waals surface area contributed by atoms with E-state index in [2.05, 4.69) is 10.6 Å². The summed E-state index contributed by atoms with van der Waals surface area (Å²) in [4.78, 5) is 23.4. The van der Waals surface area contributed by atoms with Gasteiger partial charge in [0, 0.05) is 6.04 Å². The predicted molar refractivity (Wildman–Crippen MR) is 62.8 cm³/mol. The summed E-state index contributed by atoms with van der Waals surface area (Å²) in [6.45, 7) is 3.65. The Balaban J connectivity index is 2.17. The molecule has 90 valence electrons. The summed E-state index contributed by atoms with van der Waals surface area (Å²) in [7, 11) is 0. The number of benzene rings is 1. The van der Waals surface area contributed by atoms with E-state index in [0.717, 1.165) is 0 Å². The van der Waals surface area contributed by atoms with Crippen molar-refractivity contribution in [1.82, 2.24) is 5.32 Å². The van der Waals surface area contributed by atoms with Gasteiger partial charge < -0.3 is 15.4 Å². The number of fused-ring (bicyclic) bond motifs is 1. The van der Waals surface area contributed by atoms with Gasteiger partial charge in [0.05, 0.1) is 5.69 Å². The summed E-state index contributed by atoms with van der Waals surface area (Å²) < 4.78 is 5.38. The molecule has 0 aliphatic carbocycles. The van der Waals surface area contributed by atoms with Gasteiger partial charge in [-0.1, -0.05) is 12.1 Å². The quantitative estimate of drug-likeness (QED) is 0.747. The molecule has 1 aromatic rings. The number of hydrogen-bond donors (Lipinski definition) is 2. The summed E-state index contributed by atoms with van der Waals surface area (Å²) >= 11 is 0. The van der Waals surface area contributed by atoms with E-state index in [1.54, 1.807) is 24.3 Å². The molecule has 0 saturated carbocycles. The van der Waals surface area contributed by atoms with Gasteiger partial charge in [-0.25, -0.2) is 0 Å². The van der Waals surface area contributed by atoms with E-state index in [4.69, 9.17) is 4.74 Å². The van der Waals surface area contributed by atoms with Gasteiger partial charge in [-0.15, -0.1) is 0 Å². The zero-order chi connectivity index (χ0) is 12.4. The minimum Gasteiger partial charge on any atom is -0.468 e. The Morgan fingerprint density at radius 2 is 2.12 bits per heavy atom. The van der Waals surface area contributed by atoms with Crippen LogP contribution in [-0.2, 0) is 9.59 Å². The molecule has 0 aromatic heterocycles. The van der Waals surface area contributed by atoms with Crippen LogP contribution in [0.4, 0.5) is 5.69 Å². The van der Waals surface area contributed by atoms with Gasteiger partial charge in [-0.2, -0.15) is 0 Å². The number of carbonyl (C=O) groups excluding carboxylic acids is 2. The smallest absolute Gasteiger partial charge is 0.275 e. The molecule has 5 nitrogen and oxygen atoms in total. The molecular formula is C12H14N2O3. The molecule has 0 radical (unpaired) electrons. The van der Waals surface area contributed by atoms with Crippen molar-refractivity contribution in [1.29, 1.82) is 0 Å². The highest BCUT2D eigenvalue weighted by molar-refractivity contribution is 6.11. The third-order valence-electron chi connectivity index (χ3n) is 2.30. The van der Waals surface area contributed by atoms with E-state index >= 15 is 0 Å². The van der Waals surface area contributed by atoms with Crippen LogP contribution in [0.5, 0.6) is 5.75 Å². The summed E-state index contributed by atoms with van der Waals surface area (Å²) in [5.41, 5.74) is 0.589. The summed E-state index contributed by atoms with van der Waals surface area (Å²) in [6, 6.07) is 6.98. The normalized spacial score (nSPS) is 18.1. The fourth-order valence-corrected chi connectivity index (χ4v) is 1.58. The summed E-state index contributed by atoms with van der Waals surface area (Å²) in [5.74, 6) is -0.357. The molecule has 2 N–H and O–H groups in total. The molecule has 0 spiro atoms. The highest BCUT2D eigenvalue weighted by Gasteiger charge is 2.33. The van der Waals surface area contributed by atoms with Crippen molar-refractivity contribution in [3.05, 3.63) is 24.3 Å². The van der Waals surface area contributed by atoms with Crippen LogP contribution >= 0.6 is 0 Å². The molecule has 0 unspecified atom stereocenters. The van der Waals surface area contributed by atoms with Gasteiger partial charge >= 0.3 is 0 Å². The topological polar surface area (TPSA) is 67.4 Å². The highest BCUT2D eigenvalue weighted by Crippen LogP contribution is 2.28. The van der Waals surface area contributed by atoms with E-state index in [1.165, 1.54) is 0 Å². The van der Waals surface area contributed by atoms with Crippen LogP contribution in [0.3, 0.4) is 0 Å². The van der Waals surface area contributed by atoms with E-state index in [9.17, 15) is 9.59 Å². The molecule has 1 aliphatic heterocycles. The average Bonchev–Trinajstić information content (AvgIpc) is 2.27. The van der Waals surface area contributed by atoms with Crippen LogP contribution in [0.1, 0.15) is 13.8 Å². The monoisotopic (exact) mass is 234 g/mol. The Kier molecular flexibility index (Phi) is 2.99. The Bertz CT molecular complexity index is 457. The molecule has 2 amide bonds. The largest absolute Gasteiger partial charge is 0.468 e. The molecule has 1 aliphatic rings. The van der Waals surface area contributed by atoms with Crippen LogP contribution < -0.4 is 15.4 Å². The Hall–Kier alpha value is -2.04. The number of para-hydroxylation sites is 2. The molecule has 0 saturated heterocycles. The standard InChI is InChI=1S/C12H14N2O3/c1-7(2)13-11(15)10-12(16)14-8-5-3-4-6-9(8)17-10/h3-7,10H,1-2H3,(H,13,15)(H,14,16)/t10-/m1/s1. The number of anilines is 1. The minimum atomic E-state index is -1.12. The average molecular weight is 234 g/mol. The van der Waals surface area contributed by atoms with Gasteiger partial charge in [-0.05, 0) is 26.0 Å². The SMILES string of the molecule is CC(C)NC(=O)[C@H]1Oc2ccccc2NC1=O. The molecule has 17 heavy (non-hydrogen) atoms. The molecule has 2 rings (SSSR count). The lowest BCUT2D eigenvalue weighted by Gasteiger charge is -2.25. The third-order valence-corrected chi connectivity index (χ3v) is 2.30. The van der Waals surface area contributed by atoms with Crippen molar-refractivity contribution < 1.29 is 14.3 Å². The number of carbonyl (C=O) groups is 2. The Morgan fingerprint density at radius 1 is 1.41 bits per heavy atom. The molecule has 5 heteroatoms. The van der Waals surface area contributed by atoms with Gasteiger partial charge in [0.1, 0.15) is 5.75 Å². The summed E-state index contributed by atoms with van der Waals surface area (Å²) in [5, 5.41) is 5.29. The zero-order valence-electron chi connectivity index (χ0n) is 9.69.